The molecule has 11 heteroatoms. The number of fused-ring (bicyclic) bond motifs is 2. The van der Waals surface area contributed by atoms with Gasteiger partial charge in [0.25, 0.3) is 5.91 Å². The van der Waals surface area contributed by atoms with Gasteiger partial charge in [-0.05, 0) is 50.1 Å². The lowest BCUT2D eigenvalue weighted by Crippen LogP contribution is -2.21. The van der Waals surface area contributed by atoms with E-state index in [9.17, 15) is 14.3 Å². The van der Waals surface area contributed by atoms with Gasteiger partial charge in [-0.15, -0.1) is 0 Å². The molecule has 1 aromatic carbocycles. The van der Waals surface area contributed by atoms with Crippen LogP contribution in [-0.4, -0.2) is 48.0 Å². The van der Waals surface area contributed by atoms with E-state index in [2.05, 4.69) is 20.5 Å². The van der Waals surface area contributed by atoms with Crippen molar-refractivity contribution in [3.05, 3.63) is 48.2 Å². The SMILES string of the molecule is Cn1nccc1C(=O)Nc1nn(CCC(C)(C)O)c2ncc(-c3cc(F)c4c(c3)OCO4)cc12. The highest BCUT2D eigenvalue weighted by molar-refractivity contribution is 6.07. The van der Waals surface area contributed by atoms with E-state index in [4.69, 9.17) is 9.47 Å². The first kappa shape index (κ1) is 21.8. The zero-order valence-electron chi connectivity index (χ0n) is 18.9. The number of carbonyl (C=O) groups excluding carboxylic acids is 1. The molecule has 0 radical (unpaired) electrons. The van der Waals surface area contributed by atoms with Crippen molar-refractivity contribution in [2.75, 3.05) is 12.1 Å². The van der Waals surface area contributed by atoms with Crippen LogP contribution in [0.25, 0.3) is 22.2 Å². The maximum Gasteiger partial charge on any atom is 0.275 e. The minimum Gasteiger partial charge on any atom is -0.453 e. The fourth-order valence-electron chi connectivity index (χ4n) is 3.75. The van der Waals surface area contributed by atoms with Crippen molar-refractivity contribution in [1.29, 1.82) is 0 Å². The van der Waals surface area contributed by atoms with E-state index < -0.39 is 11.4 Å². The molecule has 1 aliphatic rings. The fraction of sp³-hybridized carbons (Fsp3) is 0.304. The standard InChI is InChI=1S/C23H23FN6O4/c1-23(2,32)5-7-30-21-15(20(28-30)27-22(31)17-4-6-26-29(17)3)8-14(11-25-21)13-9-16(24)19-18(10-13)33-12-34-19/h4,6,8-11,32H,5,7,12H2,1-3H3,(H,27,28,31). The normalized spacial score (nSPS) is 13.0. The number of amides is 1. The molecule has 4 aromatic rings. The van der Waals surface area contributed by atoms with Crippen LogP contribution in [0.1, 0.15) is 30.8 Å². The van der Waals surface area contributed by atoms with Crippen LogP contribution in [-0.2, 0) is 13.6 Å². The quantitative estimate of drug-likeness (QED) is 0.448. The highest BCUT2D eigenvalue weighted by atomic mass is 19.1. The summed E-state index contributed by atoms with van der Waals surface area (Å²) in [5, 5.41) is 22.1. The number of hydrogen-bond donors (Lipinski definition) is 2. The molecule has 0 unspecified atom stereocenters. The minimum absolute atomic E-state index is 0.0365. The summed E-state index contributed by atoms with van der Waals surface area (Å²) in [4.78, 5) is 17.4. The number of aliphatic hydroxyl groups is 1. The number of nitrogens with zero attached hydrogens (tertiary/aromatic N) is 5. The summed E-state index contributed by atoms with van der Waals surface area (Å²) in [5.74, 6) is -0.209. The Kier molecular flexibility index (Phi) is 5.20. The van der Waals surface area contributed by atoms with Crippen LogP contribution in [0.2, 0.25) is 0 Å². The topological polar surface area (TPSA) is 116 Å². The molecule has 0 atom stereocenters. The summed E-state index contributed by atoms with van der Waals surface area (Å²) in [6, 6.07) is 6.41. The second kappa shape index (κ2) is 8.10. The lowest BCUT2D eigenvalue weighted by molar-refractivity contribution is 0.0654. The molecule has 0 fully saturated rings. The van der Waals surface area contributed by atoms with Gasteiger partial charge in [0, 0.05) is 31.5 Å². The van der Waals surface area contributed by atoms with Crippen LogP contribution in [0.15, 0.2) is 36.7 Å². The minimum atomic E-state index is -0.902. The number of nitrogens with one attached hydrogen (secondary N) is 1. The molecule has 0 spiro atoms. The van der Waals surface area contributed by atoms with Crippen molar-refractivity contribution in [3.8, 4) is 22.6 Å². The summed E-state index contributed by atoms with van der Waals surface area (Å²) in [7, 11) is 1.67. The summed E-state index contributed by atoms with van der Waals surface area (Å²) in [6.07, 6.45) is 3.56. The van der Waals surface area contributed by atoms with Gasteiger partial charge in [-0.25, -0.2) is 14.1 Å². The lowest BCUT2D eigenvalue weighted by Gasteiger charge is -2.16. The van der Waals surface area contributed by atoms with Gasteiger partial charge in [0.1, 0.15) is 5.69 Å². The zero-order valence-corrected chi connectivity index (χ0v) is 18.9. The van der Waals surface area contributed by atoms with Crippen LogP contribution < -0.4 is 14.8 Å². The van der Waals surface area contributed by atoms with Gasteiger partial charge >= 0.3 is 0 Å². The monoisotopic (exact) mass is 466 g/mol. The molecule has 176 valence electrons. The van der Waals surface area contributed by atoms with Gasteiger partial charge in [-0.3, -0.25) is 9.48 Å². The second-order valence-corrected chi connectivity index (χ2v) is 8.72. The van der Waals surface area contributed by atoms with E-state index in [0.717, 1.165) is 0 Å². The molecule has 10 nitrogen and oxygen atoms in total. The number of anilines is 1. The number of ether oxygens (including phenoxy) is 2. The van der Waals surface area contributed by atoms with Crippen molar-refractivity contribution >= 4 is 22.8 Å². The average molecular weight is 466 g/mol. The lowest BCUT2D eigenvalue weighted by atomic mass is 10.1. The average Bonchev–Trinajstić information content (AvgIpc) is 3.50. The third-order valence-corrected chi connectivity index (χ3v) is 5.57. The third-order valence-electron chi connectivity index (χ3n) is 5.57. The number of carbonyl (C=O) groups is 1. The van der Waals surface area contributed by atoms with E-state index in [-0.39, 0.29) is 18.4 Å². The van der Waals surface area contributed by atoms with Crippen LogP contribution in [0.4, 0.5) is 10.2 Å². The summed E-state index contributed by atoms with van der Waals surface area (Å²) < 4.78 is 28.1. The molecule has 0 bridgehead atoms. The van der Waals surface area contributed by atoms with Crippen LogP contribution >= 0.6 is 0 Å². The molecule has 4 heterocycles. The Labute approximate surface area is 193 Å². The Balaban J connectivity index is 1.57. The molecule has 0 saturated carbocycles. The maximum absolute atomic E-state index is 14.5. The van der Waals surface area contributed by atoms with Gasteiger partial charge in [0.05, 0.1) is 11.0 Å². The molecule has 1 amide bonds. The Bertz CT molecular complexity index is 1400. The fourth-order valence-corrected chi connectivity index (χ4v) is 3.75. The first-order chi connectivity index (χ1) is 16.2. The Morgan fingerprint density at radius 1 is 1.26 bits per heavy atom. The number of benzene rings is 1. The van der Waals surface area contributed by atoms with E-state index >= 15 is 0 Å². The molecule has 34 heavy (non-hydrogen) atoms. The van der Waals surface area contributed by atoms with Gasteiger partial charge in [0.2, 0.25) is 12.5 Å². The smallest absolute Gasteiger partial charge is 0.275 e. The molecule has 0 saturated heterocycles. The first-order valence-corrected chi connectivity index (χ1v) is 10.7. The molecular weight excluding hydrogens is 443 g/mol. The van der Waals surface area contributed by atoms with Crippen molar-refractivity contribution in [2.45, 2.75) is 32.4 Å². The number of rotatable bonds is 6. The zero-order chi connectivity index (χ0) is 24.0. The molecule has 1 aliphatic heterocycles. The molecule has 2 N–H and O–H groups in total. The van der Waals surface area contributed by atoms with Crippen molar-refractivity contribution < 1.29 is 23.8 Å². The van der Waals surface area contributed by atoms with Gasteiger partial charge < -0.3 is 19.9 Å². The molecular formula is C23H23FN6O4. The number of aromatic nitrogens is 5. The second-order valence-electron chi connectivity index (χ2n) is 8.72. The first-order valence-electron chi connectivity index (χ1n) is 10.7. The number of aryl methyl sites for hydroxylation is 2. The van der Waals surface area contributed by atoms with Gasteiger partial charge in [-0.1, -0.05) is 0 Å². The van der Waals surface area contributed by atoms with Crippen molar-refractivity contribution in [2.24, 2.45) is 7.05 Å². The number of halogens is 1. The molecule has 0 aliphatic carbocycles. The van der Waals surface area contributed by atoms with E-state index in [1.165, 1.54) is 16.9 Å². The third kappa shape index (κ3) is 4.05. The highest BCUT2D eigenvalue weighted by Gasteiger charge is 2.22. The molecule has 5 rings (SSSR count). The van der Waals surface area contributed by atoms with Crippen LogP contribution in [0.3, 0.4) is 0 Å². The van der Waals surface area contributed by atoms with Gasteiger partial charge in [-0.2, -0.15) is 10.2 Å². The summed E-state index contributed by atoms with van der Waals surface area (Å²) in [5.41, 5.74) is 1.14. The van der Waals surface area contributed by atoms with E-state index in [0.29, 0.717) is 52.4 Å². The maximum atomic E-state index is 14.5. The largest absolute Gasteiger partial charge is 0.453 e. The van der Waals surface area contributed by atoms with Crippen molar-refractivity contribution in [3.63, 3.8) is 0 Å². The summed E-state index contributed by atoms with van der Waals surface area (Å²) in [6.45, 7) is 3.77. The van der Waals surface area contributed by atoms with E-state index in [1.54, 1.807) is 50.0 Å². The number of pyridine rings is 1. The van der Waals surface area contributed by atoms with E-state index in [1.807, 2.05) is 0 Å². The number of hydrogen-bond acceptors (Lipinski definition) is 7. The van der Waals surface area contributed by atoms with Gasteiger partial charge in [0.15, 0.2) is 23.0 Å². The van der Waals surface area contributed by atoms with Crippen LogP contribution in [0, 0.1) is 5.82 Å². The highest BCUT2D eigenvalue weighted by Crippen LogP contribution is 2.39. The predicted molar refractivity (Wildman–Crippen MR) is 121 cm³/mol. The Morgan fingerprint density at radius 3 is 2.82 bits per heavy atom. The molecule has 3 aromatic heterocycles. The Morgan fingerprint density at radius 2 is 2.09 bits per heavy atom. The van der Waals surface area contributed by atoms with Crippen molar-refractivity contribution in [1.82, 2.24) is 24.5 Å². The predicted octanol–water partition coefficient (Wildman–Crippen LogP) is 3.11. The van der Waals surface area contributed by atoms with Crippen LogP contribution in [0.5, 0.6) is 11.5 Å². The Hall–Kier alpha value is -3.99. The summed E-state index contributed by atoms with van der Waals surface area (Å²) >= 11 is 0.